The third-order valence-electron chi connectivity index (χ3n) is 5.39. The standard InChI is InChI=1S/C22H28N4O3/c1-2-28-14-29-20-10-15(13-27)5-8-18(20)22-19(16-6-7-16)11-21(25-26-22)24-17-4-3-9-23-12-17/h5,8,10-11,13,16-17,23H,2-4,6-7,9,12,14H2,1H3,(H,24,25)/t17-/m1/s1. The fraction of sp³-hybridized carbons (Fsp3) is 0.500. The Hall–Kier alpha value is -2.51. The van der Waals surface area contributed by atoms with Crippen LogP contribution in [-0.4, -0.2) is 49.0 Å². The molecule has 2 N–H and O–H groups in total. The van der Waals surface area contributed by atoms with Crippen LogP contribution in [0.3, 0.4) is 0 Å². The van der Waals surface area contributed by atoms with E-state index in [9.17, 15) is 4.79 Å². The quantitative estimate of drug-likeness (QED) is 0.382. The number of nitrogens with zero attached hydrogens (tertiary/aromatic N) is 2. The maximum Gasteiger partial charge on any atom is 0.189 e. The van der Waals surface area contributed by atoms with Crippen molar-refractivity contribution in [3.05, 3.63) is 35.4 Å². The monoisotopic (exact) mass is 396 g/mol. The van der Waals surface area contributed by atoms with E-state index in [-0.39, 0.29) is 6.79 Å². The Balaban J connectivity index is 1.64. The van der Waals surface area contributed by atoms with Gasteiger partial charge in [-0.3, -0.25) is 4.79 Å². The van der Waals surface area contributed by atoms with Gasteiger partial charge in [0, 0.05) is 30.3 Å². The molecule has 7 nitrogen and oxygen atoms in total. The van der Waals surface area contributed by atoms with Gasteiger partial charge in [-0.15, -0.1) is 10.2 Å². The molecule has 154 valence electrons. The number of aromatic nitrogens is 2. The first-order chi connectivity index (χ1) is 14.3. The molecule has 29 heavy (non-hydrogen) atoms. The van der Waals surface area contributed by atoms with E-state index in [0.717, 1.165) is 55.7 Å². The smallest absolute Gasteiger partial charge is 0.189 e. The maximum absolute atomic E-state index is 11.2. The van der Waals surface area contributed by atoms with E-state index in [4.69, 9.17) is 9.47 Å². The van der Waals surface area contributed by atoms with Crippen molar-refractivity contribution in [2.24, 2.45) is 0 Å². The minimum absolute atomic E-state index is 0.131. The molecule has 1 aromatic carbocycles. The van der Waals surface area contributed by atoms with Crippen LogP contribution in [0.5, 0.6) is 5.75 Å². The molecule has 0 unspecified atom stereocenters. The van der Waals surface area contributed by atoms with Gasteiger partial charge in [0.15, 0.2) is 6.79 Å². The molecule has 0 amide bonds. The number of nitrogens with one attached hydrogen (secondary N) is 2. The number of aldehydes is 1. The van der Waals surface area contributed by atoms with Crippen molar-refractivity contribution in [1.29, 1.82) is 0 Å². The molecule has 1 atom stereocenters. The van der Waals surface area contributed by atoms with Crippen LogP contribution in [0.4, 0.5) is 5.82 Å². The van der Waals surface area contributed by atoms with Crippen LogP contribution in [0.25, 0.3) is 11.3 Å². The molecule has 1 saturated carbocycles. The molecule has 2 heterocycles. The predicted molar refractivity (Wildman–Crippen MR) is 111 cm³/mol. The normalized spacial score (nSPS) is 19.0. The maximum atomic E-state index is 11.2. The Morgan fingerprint density at radius 2 is 2.14 bits per heavy atom. The summed E-state index contributed by atoms with van der Waals surface area (Å²) in [5.41, 5.74) is 3.41. The lowest BCUT2D eigenvalue weighted by Gasteiger charge is -2.24. The van der Waals surface area contributed by atoms with Crippen molar-refractivity contribution in [3.8, 4) is 17.0 Å². The minimum Gasteiger partial charge on any atom is -0.467 e. The second kappa shape index (κ2) is 9.33. The molecule has 0 radical (unpaired) electrons. The summed E-state index contributed by atoms with van der Waals surface area (Å²) in [6, 6.07) is 7.93. The summed E-state index contributed by atoms with van der Waals surface area (Å²) >= 11 is 0. The number of ether oxygens (including phenoxy) is 2. The van der Waals surface area contributed by atoms with Gasteiger partial charge in [0.1, 0.15) is 23.5 Å². The van der Waals surface area contributed by atoms with E-state index in [1.807, 2.05) is 13.0 Å². The topological polar surface area (TPSA) is 85.4 Å². The van der Waals surface area contributed by atoms with Crippen LogP contribution in [0, 0.1) is 0 Å². The number of rotatable bonds is 9. The fourth-order valence-corrected chi connectivity index (χ4v) is 3.69. The molecule has 1 aromatic heterocycles. The van der Waals surface area contributed by atoms with Crippen LogP contribution < -0.4 is 15.4 Å². The number of piperidine rings is 1. The van der Waals surface area contributed by atoms with Crippen molar-refractivity contribution >= 4 is 12.1 Å². The zero-order chi connectivity index (χ0) is 20.1. The summed E-state index contributed by atoms with van der Waals surface area (Å²) in [7, 11) is 0. The first-order valence-corrected chi connectivity index (χ1v) is 10.4. The zero-order valence-corrected chi connectivity index (χ0v) is 16.8. The molecular weight excluding hydrogens is 368 g/mol. The Kier molecular flexibility index (Phi) is 6.36. The number of benzene rings is 1. The summed E-state index contributed by atoms with van der Waals surface area (Å²) in [4.78, 5) is 11.2. The summed E-state index contributed by atoms with van der Waals surface area (Å²) in [5.74, 6) is 1.91. The number of hydrogen-bond acceptors (Lipinski definition) is 7. The van der Waals surface area contributed by atoms with E-state index < -0.39 is 0 Å². The number of hydrogen-bond donors (Lipinski definition) is 2. The second-order valence-corrected chi connectivity index (χ2v) is 7.62. The van der Waals surface area contributed by atoms with Gasteiger partial charge in [-0.25, -0.2) is 0 Å². The molecule has 1 aliphatic heterocycles. The van der Waals surface area contributed by atoms with Gasteiger partial charge in [0.2, 0.25) is 0 Å². The number of anilines is 1. The first-order valence-electron chi connectivity index (χ1n) is 10.4. The SMILES string of the molecule is CCOCOc1cc(C=O)ccc1-c1nnc(N[C@@H]2CCCNC2)cc1C1CC1. The van der Waals surface area contributed by atoms with Crippen molar-refractivity contribution in [2.45, 2.75) is 44.6 Å². The van der Waals surface area contributed by atoms with Crippen LogP contribution in [-0.2, 0) is 4.74 Å². The van der Waals surface area contributed by atoms with Crippen LogP contribution in [0.1, 0.15) is 54.4 Å². The molecule has 2 fully saturated rings. The molecular formula is C22H28N4O3. The van der Waals surface area contributed by atoms with Gasteiger partial charge in [0.25, 0.3) is 0 Å². The van der Waals surface area contributed by atoms with Crippen molar-refractivity contribution in [2.75, 3.05) is 31.8 Å². The number of carbonyl (C=O) groups is 1. The third kappa shape index (κ3) is 4.92. The minimum atomic E-state index is 0.131. The van der Waals surface area contributed by atoms with Crippen molar-refractivity contribution in [1.82, 2.24) is 15.5 Å². The average molecular weight is 396 g/mol. The van der Waals surface area contributed by atoms with Crippen molar-refractivity contribution in [3.63, 3.8) is 0 Å². The highest BCUT2D eigenvalue weighted by Crippen LogP contribution is 2.45. The van der Waals surface area contributed by atoms with Crippen LogP contribution >= 0.6 is 0 Å². The van der Waals surface area contributed by atoms with Gasteiger partial charge < -0.3 is 20.1 Å². The highest BCUT2D eigenvalue weighted by molar-refractivity contribution is 5.80. The summed E-state index contributed by atoms with van der Waals surface area (Å²) in [6.07, 6.45) is 5.44. The fourth-order valence-electron chi connectivity index (χ4n) is 3.69. The summed E-state index contributed by atoms with van der Waals surface area (Å²) in [6.45, 7) is 4.64. The highest BCUT2D eigenvalue weighted by atomic mass is 16.7. The third-order valence-corrected chi connectivity index (χ3v) is 5.39. The first kappa shape index (κ1) is 19.8. The van der Waals surface area contributed by atoms with Gasteiger partial charge in [0.05, 0.1) is 0 Å². The molecule has 1 aliphatic carbocycles. The van der Waals surface area contributed by atoms with Crippen LogP contribution in [0.15, 0.2) is 24.3 Å². The lowest BCUT2D eigenvalue weighted by Crippen LogP contribution is -2.38. The summed E-state index contributed by atoms with van der Waals surface area (Å²) < 4.78 is 11.1. The van der Waals surface area contributed by atoms with Crippen molar-refractivity contribution < 1.29 is 14.3 Å². The van der Waals surface area contributed by atoms with Gasteiger partial charge in [-0.2, -0.15) is 0 Å². The second-order valence-electron chi connectivity index (χ2n) is 7.62. The van der Waals surface area contributed by atoms with E-state index >= 15 is 0 Å². The molecule has 0 bridgehead atoms. The molecule has 2 aliphatic rings. The Morgan fingerprint density at radius 1 is 1.24 bits per heavy atom. The zero-order valence-electron chi connectivity index (χ0n) is 16.8. The number of carbonyl (C=O) groups excluding carboxylic acids is 1. The average Bonchev–Trinajstić information content (AvgIpc) is 3.60. The molecule has 0 spiro atoms. The van der Waals surface area contributed by atoms with E-state index in [0.29, 0.717) is 29.9 Å². The van der Waals surface area contributed by atoms with Crippen LogP contribution in [0.2, 0.25) is 0 Å². The summed E-state index contributed by atoms with van der Waals surface area (Å²) in [5, 5.41) is 16.0. The van der Waals surface area contributed by atoms with Gasteiger partial charge in [-0.1, -0.05) is 6.07 Å². The van der Waals surface area contributed by atoms with E-state index in [1.54, 1.807) is 12.1 Å². The lowest BCUT2D eigenvalue weighted by atomic mass is 10.0. The Morgan fingerprint density at radius 3 is 2.86 bits per heavy atom. The lowest BCUT2D eigenvalue weighted by molar-refractivity contribution is 0.0227. The molecule has 1 saturated heterocycles. The molecule has 7 heteroatoms. The Bertz CT molecular complexity index is 848. The van der Waals surface area contributed by atoms with Gasteiger partial charge in [-0.05, 0) is 68.8 Å². The highest BCUT2D eigenvalue weighted by Gasteiger charge is 2.29. The van der Waals surface area contributed by atoms with E-state index in [2.05, 4.69) is 26.9 Å². The predicted octanol–water partition coefficient (Wildman–Crippen LogP) is 3.37. The van der Waals surface area contributed by atoms with Gasteiger partial charge >= 0.3 is 0 Å². The molecule has 2 aromatic rings. The molecule has 4 rings (SSSR count). The van der Waals surface area contributed by atoms with E-state index in [1.165, 1.54) is 12.0 Å². The largest absolute Gasteiger partial charge is 0.467 e. The Labute approximate surface area is 171 Å².